The quantitative estimate of drug-likeness (QED) is 0.176. The van der Waals surface area contributed by atoms with Crippen LogP contribution in [0, 0.1) is 34.6 Å². The summed E-state index contributed by atoms with van der Waals surface area (Å²) in [7, 11) is 1.73. The van der Waals surface area contributed by atoms with Crippen LogP contribution >= 0.6 is 0 Å². The minimum Gasteiger partial charge on any atom is -0.496 e. The van der Waals surface area contributed by atoms with Crippen LogP contribution in [0.2, 0.25) is 0 Å². The Hall–Kier alpha value is -6.44. The number of methoxy groups -OCH3 is 1. The first kappa shape index (κ1) is 36.9. The molecule has 0 saturated carbocycles. The third-order valence-corrected chi connectivity index (χ3v) is 10.6. The Bertz CT molecular complexity index is 2700. The van der Waals surface area contributed by atoms with Gasteiger partial charge in [-0.15, -0.1) is 0 Å². The topological polar surface area (TPSA) is 9.23 Å². The van der Waals surface area contributed by atoms with Crippen LogP contribution in [-0.4, -0.2) is 7.11 Å². The average Bonchev–Trinajstić information content (AvgIpc) is 3.22. The number of ether oxygens (including phenoxy) is 1. The van der Waals surface area contributed by atoms with Crippen molar-refractivity contribution in [2.75, 3.05) is 7.11 Å². The van der Waals surface area contributed by atoms with Crippen LogP contribution in [0.5, 0.6) is 5.75 Å². The lowest BCUT2D eigenvalue weighted by Crippen LogP contribution is -1.92. The number of hydrogen-bond acceptors (Lipinski definition) is 1. The second-order valence-corrected chi connectivity index (χ2v) is 14.2. The molecule has 1 nitrogen and oxygen atoms in total. The van der Waals surface area contributed by atoms with Gasteiger partial charge in [0.2, 0.25) is 0 Å². The molecular formula is C54H48O. The van der Waals surface area contributed by atoms with Gasteiger partial charge in [0.05, 0.1) is 7.11 Å². The summed E-state index contributed by atoms with van der Waals surface area (Å²) in [5, 5.41) is 7.85. The fourth-order valence-corrected chi connectivity index (χ4v) is 8.08. The van der Waals surface area contributed by atoms with E-state index in [-0.39, 0.29) is 0 Å². The van der Waals surface area contributed by atoms with Crippen molar-refractivity contribution >= 4 is 32.3 Å². The summed E-state index contributed by atoms with van der Waals surface area (Å²) in [5.74, 6) is 0.942. The fraction of sp³-hybridized carbons (Fsp3) is 0.111. The third-order valence-electron chi connectivity index (χ3n) is 10.6. The van der Waals surface area contributed by atoms with E-state index >= 15 is 0 Å². The summed E-state index contributed by atoms with van der Waals surface area (Å²) in [6.45, 7) is 10.9. The van der Waals surface area contributed by atoms with Gasteiger partial charge in [0.25, 0.3) is 0 Å². The van der Waals surface area contributed by atoms with Crippen molar-refractivity contribution in [1.29, 1.82) is 0 Å². The van der Waals surface area contributed by atoms with Crippen LogP contribution in [0.4, 0.5) is 0 Å². The standard InChI is InChI=1S/C18H16O.2C18H16/c1-13-17(19-2)12-15-10-6-7-11-16(15)18(13)14-8-4-3-5-9-14;1-13-12-16-10-6-7-11-17(16)14(2)18(13)15-8-4-3-5-9-15;1-13-12-14(2)18(15-8-4-3-5-9-15)17-11-7-6-10-16(13)17/h3-12H,1-2H3;2*3-12H,1-2H3. The summed E-state index contributed by atoms with van der Waals surface area (Å²) >= 11 is 0. The molecule has 0 unspecified atom stereocenters. The Morgan fingerprint density at radius 2 is 0.727 bits per heavy atom. The Labute approximate surface area is 326 Å². The van der Waals surface area contributed by atoms with E-state index in [4.69, 9.17) is 4.74 Å². The highest BCUT2D eigenvalue weighted by molar-refractivity contribution is 6.01. The van der Waals surface area contributed by atoms with Crippen molar-refractivity contribution in [2.24, 2.45) is 0 Å². The normalized spacial score (nSPS) is 10.7. The van der Waals surface area contributed by atoms with E-state index in [0.29, 0.717) is 0 Å². The van der Waals surface area contributed by atoms with Crippen LogP contribution in [-0.2, 0) is 0 Å². The molecule has 0 fully saturated rings. The summed E-state index contributed by atoms with van der Waals surface area (Å²) in [5.41, 5.74) is 14.4. The van der Waals surface area contributed by atoms with Crippen molar-refractivity contribution in [3.8, 4) is 39.1 Å². The molecule has 0 saturated heterocycles. The summed E-state index contributed by atoms with van der Waals surface area (Å²) in [4.78, 5) is 0. The maximum atomic E-state index is 5.52. The van der Waals surface area contributed by atoms with E-state index in [9.17, 15) is 0 Å². The molecule has 0 aliphatic carbocycles. The first-order valence-corrected chi connectivity index (χ1v) is 19.1. The van der Waals surface area contributed by atoms with E-state index in [1.165, 1.54) is 93.5 Å². The van der Waals surface area contributed by atoms with E-state index < -0.39 is 0 Å². The third kappa shape index (κ3) is 7.79. The monoisotopic (exact) mass is 712 g/mol. The summed E-state index contributed by atoms with van der Waals surface area (Å²) in [6, 6.07) is 64.1. The Balaban J connectivity index is 0.000000127. The maximum absolute atomic E-state index is 5.52. The maximum Gasteiger partial charge on any atom is 0.123 e. The van der Waals surface area contributed by atoms with E-state index in [0.717, 1.165) is 5.75 Å². The highest BCUT2D eigenvalue weighted by atomic mass is 16.5. The molecule has 55 heavy (non-hydrogen) atoms. The molecule has 270 valence electrons. The SMILES string of the molecule is COc1cc2ccccc2c(-c2ccccc2)c1C.Cc1cc(C)c2ccccc2c1-c1ccccc1.Cc1cc2ccccc2c(C)c1-c1ccccc1. The molecule has 0 spiro atoms. The molecule has 0 aromatic heterocycles. The lowest BCUT2D eigenvalue weighted by molar-refractivity contribution is 0.412. The van der Waals surface area contributed by atoms with Crippen LogP contribution < -0.4 is 4.74 Å². The van der Waals surface area contributed by atoms with Gasteiger partial charge in [0.15, 0.2) is 0 Å². The van der Waals surface area contributed by atoms with Gasteiger partial charge in [0.1, 0.15) is 5.75 Å². The summed E-state index contributed by atoms with van der Waals surface area (Å²) < 4.78 is 5.52. The number of fused-ring (bicyclic) bond motifs is 3. The number of hydrogen-bond donors (Lipinski definition) is 0. The van der Waals surface area contributed by atoms with Gasteiger partial charge in [-0.25, -0.2) is 0 Å². The molecule has 0 atom stereocenters. The van der Waals surface area contributed by atoms with Crippen molar-refractivity contribution in [2.45, 2.75) is 34.6 Å². The van der Waals surface area contributed by atoms with Gasteiger partial charge in [-0.2, -0.15) is 0 Å². The van der Waals surface area contributed by atoms with Crippen molar-refractivity contribution in [3.05, 3.63) is 210 Å². The van der Waals surface area contributed by atoms with E-state index in [2.05, 4.69) is 211 Å². The number of aryl methyl sites for hydroxylation is 4. The van der Waals surface area contributed by atoms with Crippen molar-refractivity contribution < 1.29 is 4.74 Å². The average molecular weight is 713 g/mol. The van der Waals surface area contributed by atoms with Gasteiger partial charge < -0.3 is 4.74 Å². The number of benzene rings is 9. The molecule has 0 heterocycles. The first-order chi connectivity index (χ1) is 26.9. The Morgan fingerprint density at radius 3 is 1.29 bits per heavy atom. The van der Waals surface area contributed by atoms with Crippen LogP contribution in [0.25, 0.3) is 65.7 Å². The minimum absolute atomic E-state index is 0.942. The smallest absolute Gasteiger partial charge is 0.123 e. The molecule has 9 aromatic rings. The molecule has 0 N–H and O–H groups in total. The molecule has 9 aromatic carbocycles. The van der Waals surface area contributed by atoms with Gasteiger partial charge in [0, 0.05) is 0 Å². The van der Waals surface area contributed by atoms with Crippen LogP contribution in [0.3, 0.4) is 0 Å². The van der Waals surface area contributed by atoms with Gasteiger partial charge in [-0.3, -0.25) is 0 Å². The minimum atomic E-state index is 0.942. The van der Waals surface area contributed by atoms with Crippen molar-refractivity contribution in [3.63, 3.8) is 0 Å². The fourth-order valence-electron chi connectivity index (χ4n) is 8.08. The van der Waals surface area contributed by atoms with Gasteiger partial charge in [-0.1, -0.05) is 176 Å². The van der Waals surface area contributed by atoms with Crippen LogP contribution in [0.1, 0.15) is 27.8 Å². The zero-order valence-electron chi connectivity index (χ0n) is 32.7. The van der Waals surface area contributed by atoms with Crippen LogP contribution in [0.15, 0.2) is 182 Å². The molecule has 0 aliphatic rings. The van der Waals surface area contributed by atoms with Crippen molar-refractivity contribution in [1.82, 2.24) is 0 Å². The summed E-state index contributed by atoms with van der Waals surface area (Å²) in [6.07, 6.45) is 0. The highest BCUT2D eigenvalue weighted by Crippen LogP contribution is 2.38. The Morgan fingerprint density at radius 1 is 0.309 bits per heavy atom. The molecule has 0 bridgehead atoms. The molecule has 0 amide bonds. The highest BCUT2D eigenvalue weighted by Gasteiger charge is 2.13. The molecule has 0 aliphatic heterocycles. The molecule has 1 heteroatoms. The Kier molecular flexibility index (Phi) is 11.2. The number of rotatable bonds is 4. The zero-order valence-corrected chi connectivity index (χ0v) is 32.7. The lowest BCUT2D eigenvalue weighted by atomic mass is 9.91. The largest absolute Gasteiger partial charge is 0.496 e. The first-order valence-electron chi connectivity index (χ1n) is 19.1. The predicted octanol–water partition coefficient (Wildman–Crippen LogP) is 15.1. The van der Waals surface area contributed by atoms with E-state index in [1.807, 2.05) is 6.07 Å². The van der Waals surface area contributed by atoms with Gasteiger partial charge in [-0.05, 0) is 134 Å². The lowest BCUT2D eigenvalue weighted by Gasteiger charge is -2.14. The second-order valence-electron chi connectivity index (χ2n) is 14.2. The van der Waals surface area contributed by atoms with E-state index in [1.54, 1.807) is 7.11 Å². The molecule has 9 rings (SSSR count). The molecular weight excluding hydrogens is 665 g/mol. The second kappa shape index (κ2) is 16.7. The molecule has 0 radical (unpaired) electrons. The predicted molar refractivity (Wildman–Crippen MR) is 238 cm³/mol. The van der Waals surface area contributed by atoms with Gasteiger partial charge >= 0.3 is 0 Å². The zero-order chi connectivity index (χ0) is 38.3.